The lowest BCUT2D eigenvalue weighted by atomic mass is 10.2. The van der Waals surface area contributed by atoms with E-state index in [0.717, 1.165) is 22.8 Å². The molecule has 0 unspecified atom stereocenters. The third-order valence-electron chi connectivity index (χ3n) is 3.65. The van der Waals surface area contributed by atoms with Crippen LogP contribution in [0, 0.1) is 0 Å². The number of carbonyl (C=O) groups is 1. The van der Waals surface area contributed by atoms with E-state index in [4.69, 9.17) is 0 Å². The van der Waals surface area contributed by atoms with Crippen LogP contribution in [-0.2, 0) is 12.2 Å². The number of carbonyl (C=O) groups excluding carboxylic acids is 1. The first-order valence-electron chi connectivity index (χ1n) is 8.11. The van der Waals surface area contributed by atoms with E-state index in [0.29, 0.717) is 12.1 Å². The summed E-state index contributed by atoms with van der Waals surface area (Å²) in [7, 11) is 0. The van der Waals surface area contributed by atoms with Gasteiger partial charge >= 0.3 is 0 Å². The van der Waals surface area contributed by atoms with E-state index < -0.39 is 0 Å². The summed E-state index contributed by atoms with van der Waals surface area (Å²) in [6.45, 7) is 0.578. The predicted molar refractivity (Wildman–Crippen MR) is 101 cm³/mol. The zero-order valence-corrected chi connectivity index (χ0v) is 14.6. The molecule has 1 amide bonds. The fraction of sp³-hybridized carbons (Fsp3) is 0.150. The molecule has 0 saturated heterocycles. The van der Waals surface area contributed by atoms with Gasteiger partial charge in [0.25, 0.3) is 5.91 Å². The summed E-state index contributed by atoms with van der Waals surface area (Å²) in [5, 5.41) is 3.82. The Morgan fingerprint density at radius 1 is 0.960 bits per heavy atom. The average molecular weight is 349 g/mol. The summed E-state index contributed by atoms with van der Waals surface area (Å²) < 4.78 is 0. The first-order chi connectivity index (χ1) is 12.3. The second-order valence-corrected chi connectivity index (χ2v) is 6.52. The van der Waals surface area contributed by atoms with Crippen molar-refractivity contribution in [3.05, 3.63) is 89.9 Å². The third-order valence-corrected chi connectivity index (χ3v) is 4.67. The summed E-state index contributed by atoms with van der Waals surface area (Å²) >= 11 is 1.66. The van der Waals surface area contributed by atoms with Gasteiger partial charge in [0.1, 0.15) is 0 Å². The summed E-state index contributed by atoms with van der Waals surface area (Å²) in [5.41, 5.74) is 2.94. The zero-order chi connectivity index (χ0) is 17.3. The molecule has 4 nitrogen and oxygen atoms in total. The minimum atomic E-state index is -0.101. The quantitative estimate of drug-likeness (QED) is 0.660. The van der Waals surface area contributed by atoms with E-state index in [2.05, 4.69) is 27.4 Å². The SMILES string of the molecule is O=C(NCCc1cccnc1)c1ccc(SCc2ccccc2)nc1. The normalized spacial score (nSPS) is 10.4. The molecular formula is C20H19N3OS. The maximum Gasteiger partial charge on any atom is 0.252 e. The number of hydrogen-bond acceptors (Lipinski definition) is 4. The molecule has 0 aliphatic heterocycles. The minimum absolute atomic E-state index is 0.101. The van der Waals surface area contributed by atoms with Crippen LogP contribution in [-0.4, -0.2) is 22.4 Å². The van der Waals surface area contributed by atoms with Gasteiger partial charge in [0.2, 0.25) is 0 Å². The maximum atomic E-state index is 12.2. The predicted octanol–water partition coefficient (Wildman–Crippen LogP) is 3.74. The van der Waals surface area contributed by atoms with Crippen LogP contribution < -0.4 is 5.32 Å². The van der Waals surface area contributed by atoms with Gasteiger partial charge in [-0.1, -0.05) is 36.4 Å². The number of aromatic nitrogens is 2. The number of benzene rings is 1. The lowest BCUT2D eigenvalue weighted by molar-refractivity contribution is 0.0953. The Hall–Kier alpha value is -2.66. The van der Waals surface area contributed by atoms with Gasteiger partial charge in [0.15, 0.2) is 0 Å². The van der Waals surface area contributed by atoms with Crippen LogP contribution in [0.4, 0.5) is 0 Å². The highest BCUT2D eigenvalue weighted by Gasteiger charge is 2.06. The van der Waals surface area contributed by atoms with Crippen LogP contribution in [0.5, 0.6) is 0 Å². The van der Waals surface area contributed by atoms with Crippen LogP contribution in [0.15, 0.2) is 78.2 Å². The van der Waals surface area contributed by atoms with E-state index in [1.807, 2.05) is 48.7 Å². The van der Waals surface area contributed by atoms with Gasteiger partial charge in [-0.3, -0.25) is 9.78 Å². The lowest BCUT2D eigenvalue weighted by Crippen LogP contribution is -2.25. The maximum absolute atomic E-state index is 12.2. The second-order valence-electron chi connectivity index (χ2n) is 5.53. The Balaban J connectivity index is 1.47. The Labute approximate surface area is 151 Å². The highest BCUT2D eigenvalue weighted by molar-refractivity contribution is 7.98. The van der Waals surface area contributed by atoms with Crippen molar-refractivity contribution in [1.29, 1.82) is 0 Å². The molecule has 5 heteroatoms. The minimum Gasteiger partial charge on any atom is -0.352 e. The van der Waals surface area contributed by atoms with E-state index in [1.165, 1.54) is 5.56 Å². The Kier molecular flexibility index (Phi) is 6.17. The molecular weight excluding hydrogens is 330 g/mol. The zero-order valence-electron chi connectivity index (χ0n) is 13.8. The van der Waals surface area contributed by atoms with Gasteiger partial charge in [-0.25, -0.2) is 4.98 Å². The van der Waals surface area contributed by atoms with Crippen molar-refractivity contribution in [3.63, 3.8) is 0 Å². The Morgan fingerprint density at radius 3 is 2.52 bits per heavy atom. The summed E-state index contributed by atoms with van der Waals surface area (Å²) in [5.74, 6) is 0.765. The number of nitrogens with one attached hydrogen (secondary N) is 1. The first-order valence-corrected chi connectivity index (χ1v) is 9.10. The molecule has 3 aromatic rings. The molecule has 0 spiro atoms. The highest BCUT2D eigenvalue weighted by Crippen LogP contribution is 2.20. The molecule has 0 aliphatic carbocycles. The van der Waals surface area contributed by atoms with Crippen molar-refractivity contribution in [2.75, 3.05) is 6.54 Å². The molecule has 0 atom stereocenters. The number of thioether (sulfide) groups is 1. The fourth-order valence-electron chi connectivity index (χ4n) is 2.30. The molecule has 25 heavy (non-hydrogen) atoms. The molecule has 0 radical (unpaired) electrons. The molecule has 1 aromatic carbocycles. The van der Waals surface area contributed by atoms with Crippen molar-refractivity contribution in [2.45, 2.75) is 17.2 Å². The topological polar surface area (TPSA) is 54.9 Å². The molecule has 126 valence electrons. The van der Waals surface area contributed by atoms with Gasteiger partial charge < -0.3 is 5.32 Å². The van der Waals surface area contributed by atoms with Crippen LogP contribution in [0.3, 0.4) is 0 Å². The smallest absolute Gasteiger partial charge is 0.252 e. The molecule has 0 fully saturated rings. The Bertz CT molecular complexity index is 792. The van der Waals surface area contributed by atoms with Crippen LogP contribution in [0.25, 0.3) is 0 Å². The highest BCUT2D eigenvalue weighted by atomic mass is 32.2. The monoisotopic (exact) mass is 349 g/mol. The standard InChI is InChI=1S/C20H19N3OS/c24-20(22-12-10-16-7-4-11-21-13-16)18-8-9-19(23-14-18)25-15-17-5-2-1-3-6-17/h1-9,11,13-14H,10,12,15H2,(H,22,24). The van der Waals surface area contributed by atoms with Gasteiger partial charge in [-0.2, -0.15) is 0 Å². The molecule has 0 saturated carbocycles. The average Bonchev–Trinajstić information content (AvgIpc) is 2.68. The van der Waals surface area contributed by atoms with Gasteiger partial charge in [0.05, 0.1) is 10.6 Å². The summed E-state index contributed by atoms with van der Waals surface area (Å²) in [4.78, 5) is 20.6. The van der Waals surface area contributed by atoms with Crippen LogP contribution in [0.2, 0.25) is 0 Å². The van der Waals surface area contributed by atoms with E-state index in [1.54, 1.807) is 24.2 Å². The molecule has 1 N–H and O–H groups in total. The van der Waals surface area contributed by atoms with Gasteiger partial charge in [-0.15, -0.1) is 11.8 Å². The van der Waals surface area contributed by atoms with Crippen LogP contribution in [0.1, 0.15) is 21.5 Å². The van der Waals surface area contributed by atoms with Crippen molar-refractivity contribution in [3.8, 4) is 0 Å². The van der Waals surface area contributed by atoms with Crippen LogP contribution >= 0.6 is 11.8 Å². The molecule has 0 aliphatic rings. The van der Waals surface area contributed by atoms with Crippen molar-refractivity contribution in [2.24, 2.45) is 0 Å². The second kappa shape index (κ2) is 8.99. The van der Waals surface area contributed by atoms with E-state index >= 15 is 0 Å². The van der Waals surface area contributed by atoms with Crippen molar-refractivity contribution >= 4 is 17.7 Å². The third kappa shape index (κ3) is 5.43. The fourth-order valence-corrected chi connectivity index (χ4v) is 3.10. The number of amides is 1. The van der Waals surface area contributed by atoms with E-state index in [-0.39, 0.29) is 5.91 Å². The van der Waals surface area contributed by atoms with Gasteiger partial charge in [0, 0.05) is 30.9 Å². The largest absolute Gasteiger partial charge is 0.352 e. The first kappa shape index (κ1) is 17.2. The number of hydrogen-bond donors (Lipinski definition) is 1. The summed E-state index contributed by atoms with van der Waals surface area (Å²) in [6.07, 6.45) is 5.95. The van der Waals surface area contributed by atoms with Gasteiger partial charge in [-0.05, 0) is 35.7 Å². The lowest BCUT2D eigenvalue weighted by Gasteiger charge is -2.06. The van der Waals surface area contributed by atoms with Crippen molar-refractivity contribution < 1.29 is 4.79 Å². The Morgan fingerprint density at radius 2 is 1.80 bits per heavy atom. The number of rotatable bonds is 7. The number of pyridine rings is 2. The van der Waals surface area contributed by atoms with E-state index in [9.17, 15) is 4.79 Å². The molecule has 2 aromatic heterocycles. The number of nitrogens with zero attached hydrogens (tertiary/aromatic N) is 2. The molecule has 3 rings (SSSR count). The molecule has 2 heterocycles. The molecule has 0 bridgehead atoms. The van der Waals surface area contributed by atoms with Crippen molar-refractivity contribution in [1.82, 2.24) is 15.3 Å². The summed E-state index contributed by atoms with van der Waals surface area (Å²) in [6, 6.07) is 17.9.